The first-order valence-electron chi connectivity index (χ1n) is 8.00. The fourth-order valence-corrected chi connectivity index (χ4v) is 3.08. The Morgan fingerprint density at radius 2 is 1.84 bits per heavy atom. The van der Waals surface area contributed by atoms with Crippen LogP contribution in [0, 0.1) is 0 Å². The first-order valence-corrected chi connectivity index (χ1v) is 8.44. The minimum atomic E-state index is -0.457. The van der Waals surface area contributed by atoms with E-state index in [-0.39, 0.29) is 11.3 Å². The van der Waals surface area contributed by atoms with E-state index in [0.717, 1.165) is 0 Å². The van der Waals surface area contributed by atoms with Gasteiger partial charge in [-0.15, -0.1) is 0 Å². The molecule has 134 valence electrons. The van der Waals surface area contributed by atoms with E-state index in [1.807, 2.05) is 6.92 Å². The highest BCUT2D eigenvalue weighted by Crippen LogP contribution is 2.26. The molecular weight excluding hydrogens is 346 g/mol. The van der Waals surface area contributed by atoms with Gasteiger partial charge in [0.25, 0.3) is 5.24 Å². The molecule has 3 rings (SSSR count). The van der Waals surface area contributed by atoms with E-state index >= 15 is 0 Å². The van der Waals surface area contributed by atoms with Gasteiger partial charge in [-0.3, -0.25) is 14.6 Å². The van der Waals surface area contributed by atoms with Gasteiger partial charge in [0.15, 0.2) is 0 Å². The third-order valence-corrected chi connectivity index (χ3v) is 4.47. The molecule has 0 aliphatic carbocycles. The number of hydrogen-bond donors (Lipinski definition) is 1. The number of nitrogens with zero attached hydrogens (tertiary/aromatic N) is 3. The molecule has 9 heteroatoms. The average molecular weight is 365 g/mol. The quantitative estimate of drug-likeness (QED) is 0.810. The monoisotopic (exact) mass is 365 g/mol. The Hall–Kier alpha value is -2.42. The zero-order valence-corrected chi connectivity index (χ0v) is 14.6. The lowest BCUT2D eigenvalue weighted by Crippen LogP contribution is -2.36. The zero-order valence-electron chi connectivity index (χ0n) is 13.8. The van der Waals surface area contributed by atoms with Crippen LogP contribution in [0.5, 0.6) is 0 Å². The predicted octanol–water partition coefficient (Wildman–Crippen LogP) is 2.34. The van der Waals surface area contributed by atoms with Gasteiger partial charge in [0, 0.05) is 17.9 Å². The molecule has 2 saturated heterocycles. The first kappa shape index (κ1) is 17.4. The van der Waals surface area contributed by atoms with Gasteiger partial charge in [0.1, 0.15) is 12.7 Å². The Kier molecular flexibility index (Phi) is 5.03. The van der Waals surface area contributed by atoms with E-state index in [4.69, 9.17) is 9.47 Å². The molecule has 0 radical (unpaired) electrons. The summed E-state index contributed by atoms with van der Waals surface area (Å²) in [5, 5.41) is -0.348. The third-order valence-electron chi connectivity index (χ3n) is 4.18. The van der Waals surface area contributed by atoms with Crippen LogP contribution >= 0.6 is 12.6 Å². The van der Waals surface area contributed by atoms with Gasteiger partial charge in [-0.2, -0.15) is 0 Å². The van der Waals surface area contributed by atoms with Crippen molar-refractivity contribution in [2.45, 2.75) is 13.0 Å². The number of likely N-dealkylation sites (N-methyl/N-ethyl adjacent to an activating group) is 1. The number of amides is 3. The van der Waals surface area contributed by atoms with Crippen LogP contribution in [0.25, 0.3) is 0 Å². The van der Waals surface area contributed by atoms with E-state index in [0.29, 0.717) is 44.2 Å². The largest absolute Gasteiger partial charge is 0.447 e. The molecule has 25 heavy (non-hydrogen) atoms. The Balaban J connectivity index is 1.66. The minimum Gasteiger partial charge on any atom is -0.447 e. The van der Waals surface area contributed by atoms with Crippen LogP contribution in [-0.4, -0.2) is 61.2 Å². The van der Waals surface area contributed by atoms with Gasteiger partial charge in [-0.1, -0.05) is 12.6 Å². The third kappa shape index (κ3) is 3.65. The van der Waals surface area contributed by atoms with Crippen molar-refractivity contribution in [3.63, 3.8) is 0 Å². The molecule has 8 nitrogen and oxygen atoms in total. The number of ether oxygens (including phenoxy) is 2. The second-order valence-corrected chi connectivity index (χ2v) is 6.10. The van der Waals surface area contributed by atoms with Crippen LogP contribution in [0.15, 0.2) is 24.3 Å². The van der Waals surface area contributed by atoms with Crippen molar-refractivity contribution < 1.29 is 23.9 Å². The average Bonchev–Trinajstić information content (AvgIpc) is 3.18. The summed E-state index contributed by atoms with van der Waals surface area (Å²) in [6.07, 6.45) is -1.23. The highest BCUT2D eigenvalue weighted by atomic mass is 32.1. The van der Waals surface area contributed by atoms with Crippen LogP contribution in [0.2, 0.25) is 0 Å². The van der Waals surface area contributed by atoms with Crippen LogP contribution < -0.4 is 9.80 Å². The molecule has 0 bridgehead atoms. The number of carbonyl (C=O) groups is 3. The zero-order chi connectivity index (χ0) is 18.0. The van der Waals surface area contributed by atoms with E-state index in [2.05, 4.69) is 12.6 Å². The lowest BCUT2D eigenvalue weighted by molar-refractivity contribution is 0.120. The number of benzene rings is 1. The maximum absolute atomic E-state index is 12.1. The lowest BCUT2D eigenvalue weighted by atomic mass is 10.2. The summed E-state index contributed by atoms with van der Waals surface area (Å²) in [4.78, 5) is 39.6. The predicted molar refractivity (Wildman–Crippen MR) is 94.4 cm³/mol. The number of anilines is 2. The number of cyclic esters (lactones) is 2. The molecule has 2 aliphatic rings. The van der Waals surface area contributed by atoms with Crippen molar-refractivity contribution in [2.75, 3.05) is 42.6 Å². The van der Waals surface area contributed by atoms with Gasteiger partial charge in [0.05, 0.1) is 19.6 Å². The van der Waals surface area contributed by atoms with Gasteiger partial charge in [-0.25, -0.2) is 9.59 Å². The van der Waals surface area contributed by atoms with Gasteiger partial charge >= 0.3 is 12.2 Å². The summed E-state index contributed by atoms with van der Waals surface area (Å²) in [7, 11) is 0. The standard InChI is InChI=1S/C16H19N3O5S/c1-2-17(16(22)25)9-13-10-19(15(21)24-13)12-5-3-11(4-6-12)18-7-8-23-14(18)20/h3-6,13H,2,7-10H2,1H3,(H,22,25)/t13-/m1/s1. The van der Waals surface area contributed by atoms with E-state index in [9.17, 15) is 14.4 Å². The van der Waals surface area contributed by atoms with Crippen molar-refractivity contribution >= 4 is 41.4 Å². The molecular formula is C16H19N3O5S. The second-order valence-electron chi connectivity index (χ2n) is 5.72. The van der Waals surface area contributed by atoms with Gasteiger partial charge in [-0.05, 0) is 31.2 Å². The molecule has 1 atom stereocenters. The van der Waals surface area contributed by atoms with Crippen LogP contribution in [-0.2, 0) is 9.47 Å². The number of rotatable bonds is 5. The number of carbonyl (C=O) groups excluding carboxylic acids is 3. The molecule has 2 aliphatic heterocycles. The Morgan fingerprint density at radius 1 is 1.20 bits per heavy atom. The molecule has 2 fully saturated rings. The molecule has 0 N–H and O–H groups in total. The number of hydrogen-bond acceptors (Lipinski definition) is 5. The molecule has 0 unspecified atom stereocenters. The summed E-state index contributed by atoms with van der Waals surface area (Å²) < 4.78 is 10.2. The normalized spacial score (nSPS) is 19.8. The van der Waals surface area contributed by atoms with E-state index in [1.54, 1.807) is 24.3 Å². The van der Waals surface area contributed by atoms with Crippen molar-refractivity contribution in [2.24, 2.45) is 0 Å². The molecule has 0 spiro atoms. The minimum absolute atomic E-state index is 0.304. The molecule has 0 saturated carbocycles. The SMILES string of the molecule is CCN(C[C@@H]1CN(c2ccc(N3CCOC3=O)cc2)C(=O)O1)C(=O)S. The summed E-state index contributed by atoms with van der Waals surface area (Å²) >= 11 is 3.81. The molecule has 1 aromatic carbocycles. The maximum Gasteiger partial charge on any atom is 0.414 e. The topological polar surface area (TPSA) is 79.4 Å². The molecule has 2 heterocycles. The van der Waals surface area contributed by atoms with E-state index < -0.39 is 12.2 Å². The van der Waals surface area contributed by atoms with Crippen LogP contribution in [0.4, 0.5) is 25.8 Å². The summed E-state index contributed by atoms with van der Waals surface area (Å²) in [5.41, 5.74) is 1.39. The Morgan fingerprint density at radius 3 is 2.36 bits per heavy atom. The maximum atomic E-state index is 12.1. The van der Waals surface area contributed by atoms with Gasteiger partial charge in [0.2, 0.25) is 0 Å². The van der Waals surface area contributed by atoms with E-state index in [1.165, 1.54) is 14.7 Å². The highest BCUT2D eigenvalue weighted by molar-refractivity contribution is 7.96. The first-order chi connectivity index (χ1) is 12.0. The van der Waals surface area contributed by atoms with Crippen LogP contribution in [0.3, 0.4) is 0 Å². The lowest BCUT2D eigenvalue weighted by Gasteiger charge is -2.21. The van der Waals surface area contributed by atoms with Crippen molar-refractivity contribution in [1.29, 1.82) is 0 Å². The second kappa shape index (κ2) is 7.22. The van der Waals surface area contributed by atoms with Crippen molar-refractivity contribution in [3.05, 3.63) is 24.3 Å². The fourth-order valence-electron chi connectivity index (χ4n) is 2.86. The molecule has 3 amide bonds. The van der Waals surface area contributed by atoms with Gasteiger partial charge < -0.3 is 14.4 Å². The fraction of sp³-hybridized carbons (Fsp3) is 0.438. The Labute approximate surface area is 150 Å². The summed E-state index contributed by atoms with van der Waals surface area (Å²) in [6, 6.07) is 7.04. The highest BCUT2D eigenvalue weighted by Gasteiger charge is 2.34. The van der Waals surface area contributed by atoms with Crippen molar-refractivity contribution in [3.8, 4) is 0 Å². The Bertz CT molecular complexity index is 681. The number of thiol groups is 1. The van der Waals surface area contributed by atoms with Crippen molar-refractivity contribution in [1.82, 2.24) is 4.90 Å². The molecule has 0 aromatic heterocycles. The summed E-state index contributed by atoms with van der Waals surface area (Å²) in [5.74, 6) is 0. The molecule has 1 aromatic rings. The smallest absolute Gasteiger partial charge is 0.414 e. The van der Waals surface area contributed by atoms with Crippen LogP contribution in [0.1, 0.15) is 6.92 Å². The summed E-state index contributed by atoms with van der Waals surface area (Å²) in [6.45, 7) is 3.87.